The quantitative estimate of drug-likeness (QED) is 0.708. The lowest BCUT2D eigenvalue weighted by Crippen LogP contribution is -2.08. The second-order valence-corrected chi connectivity index (χ2v) is 5.63. The Morgan fingerprint density at radius 3 is 3.00 bits per heavy atom. The van der Waals surface area contributed by atoms with Crippen LogP contribution in [0, 0.1) is 0 Å². The fourth-order valence-electron chi connectivity index (χ4n) is 2.32. The second-order valence-electron chi connectivity index (χ2n) is 5.63. The van der Waals surface area contributed by atoms with Crippen molar-refractivity contribution in [2.45, 2.75) is 32.6 Å². The van der Waals surface area contributed by atoms with Crippen LogP contribution in [0.2, 0.25) is 0 Å². The molecule has 6 heteroatoms. The number of aryl methyl sites for hydroxylation is 1. The minimum absolute atomic E-state index is 0.364. The Bertz CT molecular complexity index is 735. The normalized spacial score (nSPS) is 11.2. The molecule has 0 aliphatic rings. The fraction of sp³-hybridized carbons (Fsp3) is 0.375. The summed E-state index contributed by atoms with van der Waals surface area (Å²) in [6.07, 6.45) is 7.40. The van der Waals surface area contributed by atoms with Crippen molar-refractivity contribution in [2.24, 2.45) is 0 Å². The van der Waals surface area contributed by atoms with E-state index in [1.165, 1.54) is 5.56 Å². The maximum absolute atomic E-state index is 4.51. The highest BCUT2D eigenvalue weighted by atomic mass is 15.3. The zero-order chi connectivity index (χ0) is 15.4. The molecule has 6 nitrogen and oxygen atoms in total. The van der Waals surface area contributed by atoms with Crippen LogP contribution in [0.25, 0.3) is 5.65 Å². The SMILES string of the molecule is CC(C)c1cc(NCCCc2cccnc2)c2nncn2n1. The zero-order valence-electron chi connectivity index (χ0n) is 12.9. The van der Waals surface area contributed by atoms with Gasteiger partial charge in [0, 0.05) is 18.9 Å². The number of hydrogen-bond donors (Lipinski definition) is 1. The predicted octanol–water partition coefficient (Wildman–Crippen LogP) is 2.69. The number of nitrogens with zero attached hydrogens (tertiary/aromatic N) is 5. The molecule has 3 rings (SSSR count). The van der Waals surface area contributed by atoms with Gasteiger partial charge in [0.25, 0.3) is 0 Å². The van der Waals surface area contributed by atoms with Crippen LogP contribution in [-0.2, 0) is 6.42 Å². The molecule has 22 heavy (non-hydrogen) atoms. The van der Waals surface area contributed by atoms with E-state index in [9.17, 15) is 0 Å². The van der Waals surface area contributed by atoms with Crippen molar-refractivity contribution in [3.63, 3.8) is 0 Å². The lowest BCUT2D eigenvalue weighted by atomic mass is 10.1. The molecule has 3 aromatic rings. The Balaban J connectivity index is 1.67. The summed E-state index contributed by atoms with van der Waals surface area (Å²) in [5.41, 5.74) is 4.05. The van der Waals surface area contributed by atoms with E-state index in [1.807, 2.05) is 12.3 Å². The van der Waals surface area contributed by atoms with Gasteiger partial charge >= 0.3 is 0 Å². The van der Waals surface area contributed by atoms with Crippen molar-refractivity contribution in [3.8, 4) is 0 Å². The Hall–Kier alpha value is -2.50. The lowest BCUT2D eigenvalue weighted by molar-refractivity contribution is 0.761. The van der Waals surface area contributed by atoms with Gasteiger partial charge in [0.15, 0.2) is 0 Å². The van der Waals surface area contributed by atoms with E-state index in [-0.39, 0.29) is 0 Å². The fourth-order valence-corrected chi connectivity index (χ4v) is 2.32. The maximum atomic E-state index is 4.51. The largest absolute Gasteiger partial charge is 0.382 e. The molecule has 0 bridgehead atoms. The standard InChI is InChI=1S/C16H20N6/c1-12(2)14-9-15(16-20-19-11-22(16)21-14)18-8-4-6-13-5-3-7-17-10-13/h3,5,7,9-12,18H,4,6,8H2,1-2H3. The molecule has 0 radical (unpaired) electrons. The number of hydrogen-bond acceptors (Lipinski definition) is 5. The van der Waals surface area contributed by atoms with Gasteiger partial charge in [-0.05, 0) is 36.5 Å². The van der Waals surface area contributed by atoms with Crippen LogP contribution >= 0.6 is 0 Å². The maximum Gasteiger partial charge on any atom is 0.200 e. The number of rotatable bonds is 6. The second kappa shape index (κ2) is 6.51. The Morgan fingerprint density at radius 2 is 2.23 bits per heavy atom. The van der Waals surface area contributed by atoms with Gasteiger partial charge in [-0.2, -0.15) is 9.61 Å². The van der Waals surface area contributed by atoms with Crippen molar-refractivity contribution in [3.05, 3.63) is 48.2 Å². The first-order valence-electron chi connectivity index (χ1n) is 7.58. The first kappa shape index (κ1) is 14.4. The molecule has 0 fully saturated rings. The third kappa shape index (κ3) is 3.21. The van der Waals surface area contributed by atoms with Gasteiger partial charge < -0.3 is 5.32 Å². The molecule has 1 N–H and O–H groups in total. The topological polar surface area (TPSA) is 68.0 Å². The summed E-state index contributed by atoms with van der Waals surface area (Å²) in [7, 11) is 0. The molecule has 0 unspecified atom stereocenters. The molecule has 0 saturated carbocycles. The van der Waals surface area contributed by atoms with E-state index in [1.54, 1.807) is 17.0 Å². The molecular formula is C16H20N6. The van der Waals surface area contributed by atoms with Crippen molar-refractivity contribution in [2.75, 3.05) is 11.9 Å². The molecule has 0 saturated heterocycles. The third-order valence-corrected chi connectivity index (χ3v) is 3.56. The smallest absolute Gasteiger partial charge is 0.200 e. The van der Waals surface area contributed by atoms with E-state index < -0.39 is 0 Å². The Morgan fingerprint density at radius 1 is 1.32 bits per heavy atom. The predicted molar refractivity (Wildman–Crippen MR) is 85.9 cm³/mol. The van der Waals surface area contributed by atoms with E-state index in [4.69, 9.17) is 0 Å². The molecule has 0 aliphatic carbocycles. The van der Waals surface area contributed by atoms with Crippen molar-refractivity contribution in [1.82, 2.24) is 24.8 Å². The van der Waals surface area contributed by atoms with Gasteiger partial charge in [-0.25, -0.2) is 0 Å². The third-order valence-electron chi connectivity index (χ3n) is 3.56. The summed E-state index contributed by atoms with van der Waals surface area (Å²) < 4.78 is 1.73. The van der Waals surface area contributed by atoms with Crippen LogP contribution in [0.15, 0.2) is 36.9 Å². The molecular weight excluding hydrogens is 276 g/mol. The summed E-state index contributed by atoms with van der Waals surface area (Å²) in [5, 5.41) is 16.0. The monoisotopic (exact) mass is 296 g/mol. The Kier molecular flexibility index (Phi) is 4.27. The molecule has 114 valence electrons. The minimum atomic E-state index is 0.364. The average molecular weight is 296 g/mol. The molecule has 0 spiro atoms. The lowest BCUT2D eigenvalue weighted by Gasteiger charge is -2.11. The van der Waals surface area contributed by atoms with Crippen LogP contribution in [-0.4, -0.2) is 31.3 Å². The number of aromatic nitrogens is 5. The van der Waals surface area contributed by atoms with Crippen molar-refractivity contribution in [1.29, 1.82) is 0 Å². The van der Waals surface area contributed by atoms with E-state index in [0.717, 1.165) is 36.4 Å². The van der Waals surface area contributed by atoms with E-state index in [2.05, 4.69) is 51.6 Å². The number of pyridine rings is 1. The van der Waals surface area contributed by atoms with Gasteiger partial charge in [-0.3, -0.25) is 4.98 Å². The van der Waals surface area contributed by atoms with Crippen molar-refractivity contribution >= 4 is 11.3 Å². The first-order chi connectivity index (χ1) is 10.7. The summed E-state index contributed by atoms with van der Waals surface area (Å²) in [4.78, 5) is 4.14. The summed E-state index contributed by atoms with van der Waals surface area (Å²) in [6.45, 7) is 5.13. The zero-order valence-corrected chi connectivity index (χ0v) is 12.9. The summed E-state index contributed by atoms with van der Waals surface area (Å²) in [6, 6.07) is 6.14. The van der Waals surface area contributed by atoms with E-state index >= 15 is 0 Å². The first-order valence-corrected chi connectivity index (χ1v) is 7.58. The summed E-state index contributed by atoms with van der Waals surface area (Å²) >= 11 is 0. The van der Waals surface area contributed by atoms with Crippen molar-refractivity contribution < 1.29 is 0 Å². The van der Waals surface area contributed by atoms with Gasteiger partial charge in [0.05, 0.1) is 11.4 Å². The van der Waals surface area contributed by atoms with Gasteiger partial charge in [0.2, 0.25) is 5.65 Å². The molecule has 3 heterocycles. The molecule has 0 atom stereocenters. The summed E-state index contributed by atoms with van der Waals surface area (Å²) in [5.74, 6) is 0.364. The molecule has 0 amide bonds. The van der Waals surface area contributed by atoms with Crippen LogP contribution < -0.4 is 5.32 Å². The highest BCUT2D eigenvalue weighted by Gasteiger charge is 2.10. The number of anilines is 1. The highest BCUT2D eigenvalue weighted by molar-refractivity contribution is 5.66. The van der Waals surface area contributed by atoms with E-state index in [0.29, 0.717) is 5.92 Å². The average Bonchev–Trinajstić information content (AvgIpc) is 3.01. The van der Waals surface area contributed by atoms with Gasteiger partial charge in [-0.1, -0.05) is 19.9 Å². The Labute approximate surface area is 129 Å². The van der Waals surface area contributed by atoms with Crippen LogP contribution in [0.5, 0.6) is 0 Å². The molecule has 0 aliphatic heterocycles. The number of nitrogens with one attached hydrogen (secondary N) is 1. The van der Waals surface area contributed by atoms with Crippen LogP contribution in [0.1, 0.15) is 37.4 Å². The van der Waals surface area contributed by atoms with Gasteiger partial charge in [-0.15, -0.1) is 10.2 Å². The minimum Gasteiger partial charge on any atom is -0.382 e. The molecule has 3 aromatic heterocycles. The molecule has 0 aromatic carbocycles. The van der Waals surface area contributed by atoms with Crippen LogP contribution in [0.3, 0.4) is 0 Å². The van der Waals surface area contributed by atoms with Crippen LogP contribution in [0.4, 0.5) is 5.69 Å². The van der Waals surface area contributed by atoms with Gasteiger partial charge in [0.1, 0.15) is 6.33 Å². The number of fused-ring (bicyclic) bond motifs is 1. The highest BCUT2D eigenvalue weighted by Crippen LogP contribution is 2.20.